The quantitative estimate of drug-likeness (QED) is 0.220. The van der Waals surface area contributed by atoms with Gasteiger partial charge in [0.1, 0.15) is 5.76 Å². The van der Waals surface area contributed by atoms with Crippen LogP contribution in [-0.2, 0) is 14.4 Å². The van der Waals surface area contributed by atoms with Gasteiger partial charge in [-0.05, 0) is 54.8 Å². The highest BCUT2D eigenvalue weighted by atomic mass is 35.5. The van der Waals surface area contributed by atoms with Crippen molar-refractivity contribution in [1.82, 2.24) is 4.90 Å². The van der Waals surface area contributed by atoms with E-state index in [1.807, 2.05) is 0 Å². The number of halogens is 1. The first-order chi connectivity index (χ1) is 16.3. The normalized spacial score (nSPS) is 17.1. The van der Waals surface area contributed by atoms with Crippen LogP contribution in [0.1, 0.15) is 42.9 Å². The van der Waals surface area contributed by atoms with E-state index in [-0.39, 0.29) is 24.3 Å². The number of hydrogen-bond donors (Lipinski definition) is 2. The van der Waals surface area contributed by atoms with E-state index in [0.717, 1.165) is 0 Å². The van der Waals surface area contributed by atoms with E-state index < -0.39 is 23.7 Å². The number of aliphatic carboxylic acids is 1. The highest BCUT2D eigenvalue weighted by Crippen LogP contribution is 2.42. The molecule has 0 aromatic heterocycles. The lowest BCUT2D eigenvalue weighted by atomic mass is 9.95. The highest BCUT2D eigenvalue weighted by molar-refractivity contribution is 6.46. The Kier molecular flexibility index (Phi) is 8.17. The van der Waals surface area contributed by atoms with Crippen molar-refractivity contribution in [3.8, 4) is 11.5 Å². The van der Waals surface area contributed by atoms with Crippen LogP contribution in [0.15, 0.2) is 48.0 Å². The van der Waals surface area contributed by atoms with Crippen LogP contribution in [0.2, 0.25) is 5.02 Å². The molecule has 2 aromatic rings. The zero-order valence-electron chi connectivity index (χ0n) is 18.9. The van der Waals surface area contributed by atoms with Crippen LogP contribution in [-0.4, -0.2) is 53.5 Å². The lowest BCUT2D eigenvalue weighted by Crippen LogP contribution is -2.30. The van der Waals surface area contributed by atoms with Crippen molar-refractivity contribution in [2.24, 2.45) is 0 Å². The summed E-state index contributed by atoms with van der Waals surface area (Å²) >= 11 is 5.95. The van der Waals surface area contributed by atoms with Crippen molar-refractivity contribution in [1.29, 1.82) is 0 Å². The molecule has 8 nitrogen and oxygen atoms in total. The van der Waals surface area contributed by atoms with Gasteiger partial charge in [-0.3, -0.25) is 14.4 Å². The lowest BCUT2D eigenvalue weighted by molar-refractivity contribution is -0.140. The molecule has 1 amide bonds. The highest BCUT2D eigenvalue weighted by Gasteiger charge is 2.46. The number of nitrogens with zero attached hydrogens (tertiary/aromatic N) is 1. The molecule has 2 aromatic carbocycles. The van der Waals surface area contributed by atoms with Gasteiger partial charge in [-0.2, -0.15) is 0 Å². The minimum Gasteiger partial charge on any atom is -0.507 e. The first kappa shape index (κ1) is 25.1. The summed E-state index contributed by atoms with van der Waals surface area (Å²) in [4.78, 5) is 38.2. The summed E-state index contributed by atoms with van der Waals surface area (Å²) in [6.07, 6.45) is 1.58. The molecular weight excluding hydrogens is 462 g/mol. The molecule has 0 saturated carbocycles. The number of carbonyl (C=O) groups is 3. The summed E-state index contributed by atoms with van der Waals surface area (Å²) in [5, 5.41) is 20.4. The molecule has 1 atom stereocenters. The molecule has 34 heavy (non-hydrogen) atoms. The number of unbranched alkanes of at least 4 members (excludes halogenated alkanes) is 2. The number of likely N-dealkylation sites (tertiary alicyclic amines) is 1. The fourth-order valence-electron chi connectivity index (χ4n) is 3.98. The van der Waals surface area contributed by atoms with Crippen molar-refractivity contribution >= 4 is 35.0 Å². The van der Waals surface area contributed by atoms with Crippen molar-refractivity contribution in [3.05, 3.63) is 64.2 Å². The van der Waals surface area contributed by atoms with E-state index in [2.05, 4.69) is 0 Å². The summed E-state index contributed by atoms with van der Waals surface area (Å²) in [6, 6.07) is 10.5. The van der Waals surface area contributed by atoms with Gasteiger partial charge in [0, 0.05) is 23.6 Å². The molecule has 1 heterocycles. The Bertz CT molecular complexity index is 1110. The molecule has 2 N–H and O–H groups in total. The summed E-state index contributed by atoms with van der Waals surface area (Å²) in [5.41, 5.74) is 0.886. The number of carboxylic acids is 1. The zero-order chi connectivity index (χ0) is 24.8. The minimum absolute atomic E-state index is 0.0362. The standard InChI is InChI=1S/C25H26ClNO7/c1-33-18-12-9-16(14-19(18)34-2)22-21(23(30)15-7-10-17(26)11-8-15)24(31)25(32)27(22)13-5-3-4-6-20(28)29/h7-12,14,22,30H,3-6,13H2,1-2H3,(H,28,29)/b23-21+/t22-/m1/s1. The minimum atomic E-state index is -0.881. The number of amides is 1. The number of Topliss-reactive ketones (excluding diaryl/α,β-unsaturated/α-hetero) is 1. The number of aliphatic hydroxyl groups is 1. The number of hydrogen-bond acceptors (Lipinski definition) is 6. The second-order valence-electron chi connectivity index (χ2n) is 7.82. The third-order valence-electron chi connectivity index (χ3n) is 5.67. The summed E-state index contributed by atoms with van der Waals surface area (Å²) in [6.45, 7) is 0.223. The van der Waals surface area contributed by atoms with Crippen LogP contribution in [0.5, 0.6) is 11.5 Å². The molecule has 0 unspecified atom stereocenters. The number of carbonyl (C=O) groups excluding carboxylic acids is 2. The maximum atomic E-state index is 13.1. The number of ketones is 1. The number of ether oxygens (including phenoxy) is 2. The predicted octanol–water partition coefficient (Wildman–Crippen LogP) is 4.42. The Morgan fingerprint density at radius 1 is 0.971 bits per heavy atom. The van der Waals surface area contributed by atoms with E-state index >= 15 is 0 Å². The molecule has 0 aliphatic carbocycles. The summed E-state index contributed by atoms with van der Waals surface area (Å²) < 4.78 is 10.7. The van der Waals surface area contributed by atoms with Gasteiger partial charge in [-0.25, -0.2) is 0 Å². The van der Waals surface area contributed by atoms with Crippen LogP contribution in [0.25, 0.3) is 5.76 Å². The third-order valence-corrected chi connectivity index (χ3v) is 5.92. The molecule has 1 fully saturated rings. The fourth-order valence-corrected chi connectivity index (χ4v) is 4.10. The van der Waals surface area contributed by atoms with Crippen LogP contribution >= 0.6 is 11.6 Å². The Labute approximate surface area is 202 Å². The monoisotopic (exact) mass is 487 g/mol. The van der Waals surface area contributed by atoms with Crippen molar-refractivity contribution < 1.29 is 34.1 Å². The maximum absolute atomic E-state index is 13.1. The summed E-state index contributed by atoms with van der Waals surface area (Å²) in [5.74, 6) is -1.81. The third kappa shape index (κ3) is 5.34. The van der Waals surface area contributed by atoms with Crippen LogP contribution in [0, 0.1) is 0 Å². The molecule has 3 rings (SSSR count). The lowest BCUT2D eigenvalue weighted by Gasteiger charge is -2.26. The zero-order valence-corrected chi connectivity index (χ0v) is 19.7. The maximum Gasteiger partial charge on any atom is 0.303 e. The van der Waals surface area contributed by atoms with Crippen LogP contribution in [0.4, 0.5) is 0 Å². The second-order valence-corrected chi connectivity index (χ2v) is 8.25. The van der Waals surface area contributed by atoms with Crippen molar-refractivity contribution in [3.63, 3.8) is 0 Å². The van der Waals surface area contributed by atoms with E-state index in [4.69, 9.17) is 26.2 Å². The van der Waals surface area contributed by atoms with Gasteiger partial charge in [-0.15, -0.1) is 0 Å². The largest absolute Gasteiger partial charge is 0.507 e. The van der Waals surface area contributed by atoms with Gasteiger partial charge < -0.3 is 24.6 Å². The van der Waals surface area contributed by atoms with Crippen molar-refractivity contribution in [2.75, 3.05) is 20.8 Å². The Morgan fingerprint density at radius 2 is 1.65 bits per heavy atom. The smallest absolute Gasteiger partial charge is 0.303 e. The Morgan fingerprint density at radius 3 is 2.26 bits per heavy atom. The molecule has 180 valence electrons. The van der Waals surface area contributed by atoms with Crippen molar-refractivity contribution in [2.45, 2.75) is 31.7 Å². The topological polar surface area (TPSA) is 113 Å². The van der Waals surface area contributed by atoms with Gasteiger partial charge in [0.2, 0.25) is 0 Å². The second kappa shape index (κ2) is 11.1. The molecular formula is C25H26ClNO7. The number of rotatable bonds is 10. The van der Waals surface area contributed by atoms with E-state index in [1.165, 1.54) is 19.1 Å². The molecule has 0 radical (unpaired) electrons. The van der Waals surface area contributed by atoms with Crippen LogP contribution in [0.3, 0.4) is 0 Å². The van der Waals surface area contributed by atoms with E-state index in [0.29, 0.717) is 46.9 Å². The van der Waals surface area contributed by atoms with Gasteiger partial charge in [0.15, 0.2) is 11.5 Å². The van der Waals surface area contributed by atoms with Gasteiger partial charge >= 0.3 is 5.97 Å². The Hall–Kier alpha value is -3.52. The number of carboxylic acid groups (broad SMARTS) is 1. The first-order valence-electron chi connectivity index (χ1n) is 10.8. The van der Waals surface area contributed by atoms with Gasteiger partial charge in [0.05, 0.1) is 25.8 Å². The fraction of sp³-hybridized carbons (Fsp3) is 0.320. The molecule has 0 bridgehead atoms. The molecule has 9 heteroatoms. The van der Waals surface area contributed by atoms with E-state index in [1.54, 1.807) is 42.5 Å². The predicted molar refractivity (Wildman–Crippen MR) is 126 cm³/mol. The number of benzene rings is 2. The average Bonchev–Trinajstić information content (AvgIpc) is 3.08. The van der Waals surface area contributed by atoms with Gasteiger partial charge in [0.25, 0.3) is 11.7 Å². The van der Waals surface area contributed by atoms with Crippen LogP contribution < -0.4 is 9.47 Å². The van der Waals surface area contributed by atoms with Gasteiger partial charge in [-0.1, -0.05) is 24.1 Å². The molecule has 1 aliphatic heterocycles. The first-order valence-corrected chi connectivity index (χ1v) is 11.1. The summed E-state index contributed by atoms with van der Waals surface area (Å²) in [7, 11) is 2.98. The molecule has 1 aliphatic rings. The average molecular weight is 488 g/mol. The Balaban J connectivity index is 2.04. The number of aliphatic hydroxyl groups excluding tert-OH is 1. The molecule has 0 spiro atoms. The number of methoxy groups -OCH3 is 2. The molecule has 1 saturated heterocycles. The SMILES string of the molecule is COc1ccc([C@@H]2/C(=C(\O)c3ccc(Cl)cc3)C(=O)C(=O)N2CCCCCC(=O)O)cc1OC. The van der Waals surface area contributed by atoms with E-state index in [9.17, 15) is 19.5 Å².